The molecule has 26 heavy (non-hydrogen) atoms. The molecule has 0 fully saturated rings. The molecule has 0 bridgehead atoms. The Morgan fingerprint density at radius 1 is 1.12 bits per heavy atom. The third-order valence-electron chi connectivity index (χ3n) is 3.95. The summed E-state index contributed by atoms with van der Waals surface area (Å²) in [6.45, 7) is 3.83. The van der Waals surface area contributed by atoms with E-state index < -0.39 is 0 Å². The van der Waals surface area contributed by atoms with E-state index in [9.17, 15) is 5.26 Å². The quantitative estimate of drug-likeness (QED) is 0.587. The van der Waals surface area contributed by atoms with Gasteiger partial charge in [0.25, 0.3) is 5.89 Å². The highest BCUT2D eigenvalue weighted by molar-refractivity contribution is 5.83. The SMILES string of the molecule is CC(C)Oc1ccc(-c2nc(-c3ccc4[nH]ccc4c3)no2)cc1C#N. The molecule has 0 saturated heterocycles. The van der Waals surface area contributed by atoms with Crippen molar-refractivity contribution in [3.63, 3.8) is 0 Å². The lowest BCUT2D eigenvalue weighted by Gasteiger charge is -2.11. The lowest BCUT2D eigenvalue weighted by Crippen LogP contribution is -2.06. The summed E-state index contributed by atoms with van der Waals surface area (Å²) in [6, 6.07) is 15.3. The number of aromatic amines is 1. The molecule has 0 aliphatic heterocycles. The fourth-order valence-electron chi connectivity index (χ4n) is 2.76. The predicted molar refractivity (Wildman–Crippen MR) is 97.5 cm³/mol. The zero-order valence-electron chi connectivity index (χ0n) is 14.4. The van der Waals surface area contributed by atoms with Crippen molar-refractivity contribution in [2.24, 2.45) is 0 Å². The Morgan fingerprint density at radius 3 is 2.77 bits per heavy atom. The second kappa shape index (κ2) is 6.37. The lowest BCUT2D eigenvalue weighted by atomic mass is 10.1. The number of fused-ring (bicyclic) bond motifs is 1. The fraction of sp³-hybridized carbons (Fsp3) is 0.150. The van der Waals surface area contributed by atoms with E-state index in [0.29, 0.717) is 28.6 Å². The Bertz CT molecular complexity index is 1120. The lowest BCUT2D eigenvalue weighted by molar-refractivity contribution is 0.242. The van der Waals surface area contributed by atoms with Crippen molar-refractivity contribution >= 4 is 10.9 Å². The van der Waals surface area contributed by atoms with Gasteiger partial charge in [0.15, 0.2) is 0 Å². The minimum Gasteiger partial charge on any atom is -0.490 e. The molecule has 2 aromatic heterocycles. The maximum atomic E-state index is 9.37. The van der Waals surface area contributed by atoms with E-state index in [1.165, 1.54) is 0 Å². The summed E-state index contributed by atoms with van der Waals surface area (Å²) in [5.74, 6) is 1.41. The number of benzene rings is 2. The van der Waals surface area contributed by atoms with Gasteiger partial charge in [-0.15, -0.1) is 0 Å². The highest BCUT2D eigenvalue weighted by Gasteiger charge is 2.14. The molecule has 4 aromatic rings. The van der Waals surface area contributed by atoms with Crippen molar-refractivity contribution in [3.05, 3.63) is 54.2 Å². The summed E-state index contributed by atoms with van der Waals surface area (Å²) >= 11 is 0. The molecule has 6 nitrogen and oxygen atoms in total. The standard InChI is InChI=1S/C20H16N4O2/c1-12(2)25-18-6-4-15(10-16(18)11-21)20-23-19(24-26-20)14-3-5-17-13(9-14)7-8-22-17/h3-10,12,22H,1-2H3. The fourth-order valence-corrected chi connectivity index (χ4v) is 2.76. The van der Waals surface area contributed by atoms with Crippen molar-refractivity contribution in [3.8, 4) is 34.7 Å². The molecule has 0 spiro atoms. The van der Waals surface area contributed by atoms with Crippen molar-refractivity contribution in [1.29, 1.82) is 5.26 Å². The summed E-state index contributed by atoms with van der Waals surface area (Å²) in [7, 11) is 0. The van der Waals surface area contributed by atoms with Crippen LogP contribution in [0.4, 0.5) is 0 Å². The van der Waals surface area contributed by atoms with Gasteiger partial charge in [-0.25, -0.2) is 0 Å². The highest BCUT2D eigenvalue weighted by atomic mass is 16.5. The van der Waals surface area contributed by atoms with Gasteiger partial charge < -0.3 is 14.2 Å². The van der Waals surface area contributed by atoms with Gasteiger partial charge >= 0.3 is 0 Å². The highest BCUT2D eigenvalue weighted by Crippen LogP contribution is 2.28. The number of ether oxygens (including phenoxy) is 1. The van der Waals surface area contributed by atoms with Crippen molar-refractivity contribution < 1.29 is 9.26 Å². The smallest absolute Gasteiger partial charge is 0.258 e. The molecular weight excluding hydrogens is 328 g/mol. The summed E-state index contributed by atoms with van der Waals surface area (Å²) in [5.41, 5.74) is 3.04. The molecule has 0 saturated carbocycles. The third-order valence-corrected chi connectivity index (χ3v) is 3.95. The number of hydrogen-bond acceptors (Lipinski definition) is 5. The van der Waals surface area contributed by atoms with Gasteiger partial charge in [-0.2, -0.15) is 10.2 Å². The van der Waals surface area contributed by atoms with Gasteiger partial charge in [0.2, 0.25) is 5.82 Å². The zero-order chi connectivity index (χ0) is 18.1. The van der Waals surface area contributed by atoms with Crippen LogP contribution in [0.1, 0.15) is 19.4 Å². The Hall–Kier alpha value is -3.59. The van der Waals surface area contributed by atoms with Gasteiger partial charge in [0, 0.05) is 28.2 Å². The molecule has 0 atom stereocenters. The normalized spacial score (nSPS) is 11.0. The molecule has 0 aliphatic carbocycles. The molecule has 2 aromatic carbocycles. The van der Waals surface area contributed by atoms with Gasteiger partial charge in [0.05, 0.1) is 11.7 Å². The predicted octanol–water partition coefficient (Wildman–Crippen LogP) is 4.54. The molecule has 128 valence electrons. The van der Waals surface area contributed by atoms with Gasteiger partial charge in [-0.3, -0.25) is 0 Å². The zero-order valence-corrected chi connectivity index (χ0v) is 14.4. The Balaban J connectivity index is 1.68. The second-order valence-electron chi connectivity index (χ2n) is 6.19. The van der Waals surface area contributed by atoms with E-state index in [1.807, 2.05) is 50.4 Å². The summed E-state index contributed by atoms with van der Waals surface area (Å²) in [6.07, 6.45) is 1.88. The van der Waals surface area contributed by atoms with Crippen LogP contribution < -0.4 is 4.74 Å². The first-order valence-electron chi connectivity index (χ1n) is 8.26. The molecular formula is C20H16N4O2. The first kappa shape index (κ1) is 15.9. The van der Waals surface area contributed by atoms with E-state index in [4.69, 9.17) is 9.26 Å². The largest absolute Gasteiger partial charge is 0.490 e. The first-order chi connectivity index (χ1) is 12.6. The molecule has 1 N–H and O–H groups in total. The van der Waals surface area contributed by atoms with Gasteiger partial charge in [-0.05, 0) is 56.3 Å². The van der Waals surface area contributed by atoms with Crippen LogP contribution >= 0.6 is 0 Å². The van der Waals surface area contributed by atoms with E-state index in [1.54, 1.807) is 12.1 Å². The maximum Gasteiger partial charge on any atom is 0.258 e. The number of nitrogens with zero attached hydrogens (tertiary/aromatic N) is 3. The van der Waals surface area contributed by atoms with Crippen molar-refractivity contribution in [2.75, 3.05) is 0 Å². The van der Waals surface area contributed by atoms with E-state index in [-0.39, 0.29) is 6.10 Å². The Morgan fingerprint density at radius 2 is 1.96 bits per heavy atom. The number of hydrogen-bond donors (Lipinski definition) is 1. The van der Waals surface area contributed by atoms with Crippen LogP contribution in [0.2, 0.25) is 0 Å². The van der Waals surface area contributed by atoms with Crippen LogP contribution in [0.3, 0.4) is 0 Å². The van der Waals surface area contributed by atoms with Gasteiger partial charge in [-0.1, -0.05) is 5.16 Å². The van der Waals surface area contributed by atoms with Crippen molar-refractivity contribution in [2.45, 2.75) is 20.0 Å². The van der Waals surface area contributed by atoms with E-state index in [2.05, 4.69) is 21.2 Å². The molecule has 2 heterocycles. The number of aromatic nitrogens is 3. The minimum absolute atomic E-state index is 0.00805. The van der Waals surface area contributed by atoms with Crippen LogP contribution in [0.15, 0.2) is 53.2 Å². The van der Waals surface area contributed by atoms with Crippen LogP contribution in [0.25, 0.3) is 33.7 Å². The average molecular weight is 344 g/mol. The Kier molecular flexibility index (Phi) is 3.90. The van der Waals surface area contributed by atoms with Crippen LogP contribution in [-0.2, 0) is 0 Å². The number of nitriles is 1. The molecule has 0 amide bonds. The second-order valence-corrected chi connectivity index (χ2v) is 6.19. The Labute approximate surface area is 150 Å². The number of rotatable bonds is 4. The number of nitrogens with one attached hydrogen (secondary N) is 1. The molecule has 0 unspecified atom stereocenters. The summed E-state index contributed by atoms with van der Waals surface area (Å²) < 4.78 is 11.0. The minimum atomic E-state index is -0.00805. The van der Waals surface area contributed by atoms with Crippen LogP contribution in [0.5, 0.6) is 5.75 Å². The van der Waals surface area contributed by atoms with Crippen LogP contribution in [-0.4, -0.2) is 21.2 Å². The maximum absolute atomic E-state index is 9.37. The van der Waals surface area contributed by atoms with E-state index in [0.717, 1.165) is 16.5 Å². The summed E-state index contributed by atoms with van der Waals surface area (Å²) in [5, 5.41) is 14.5. The van der Waals surface area contributed by atoms with Crippen LogP contribution in [0, 0.1) is 11.3 Å². The molecule has 4 rings (SSSR count). The first-order valence-corrected chi connectivity index (χ1v) is 8.26. The van der Waals surface area contributed by atoms with Gasteiger partial charge in [0.1, 0.15) is 11.8 Å². The molecule has 0 radical (unpaired) electrons. The molecule has 0 aliphatic rings. The van der Waals surface area contributed by atoms with E-state index >= 15 is 0 Å². The molecule has 6 heteroatoms. The monoisotopic (exact) mass is 344 g/mol. The summed E-state index contributed by atoms with van der Waals surface area (Å²) in [4.78, 5) is 7.62. The third kappa shape index (κ3) is 2.91. The average Bonchev–Trinajstić information content (AvgIpc) is 3.30. The topological polar surface area (TPSA) is 87.7 Å². The van der Waals surface area contributed by atoms with Crippen molar-refractivity contribution in [1.82, 2.24) is 15.1 Å². The number of H-pyrrole nitrogens is 1.